The monoisotopic (exact) mass is 500 g/mol. The van der Waals surface area contributed by atoms with Crippen LogP contribution < -0.4 is 5.32 Å². The summed E-state index contributed by atoms with van der Waals surface area (Å²) in [6.45, 7) is -0.438. The number of ether oxygens (including phenoxy) is 1. The maximum atomic E-state index is 14.0. The van der Waals surface area contributed by atoms with Gasteiger partial charge in [-0.2, -0.15) is 13.2 Å². The van der Waals surface area contributed by atoms with Crippen molar-refractivity contribution in [3.8, 4) is 0 Å². The lowest BCUT2D eigenvalue weighted by molar-refractivity contribution is -0.237. The Kier molecular flexibility index (Phi) is 6.60. The van der Waals surface area contributed by atoms with Crippen LogP contribution in [0.5, 0.6) is 0 Å². The van der Waals surface area contributed by atoms with E-state index < -0.39 is 73.2 Å². The molecular weight excluding hydrogens is 483 g/mol. The van der Waals surface area contributed by atoms with E-state index in [2.05, 4.69) is 5.32 Å². The standard InChI is InChI=1S/C19H18ClF5N2O4S/c1-27-9-11(32(29,30)10-18(19(23,24)25)4-6-31-7-5-18)8-14(27)17(28)26-13-3-2-12(21)15(20)16(13)22/h2-3,8-9H,4-7,10H2,1H3,(H,26,28). The first-order valence-electron chi connectivity index (χ1n) is 9.26. The van der Waals surface area contributed by atoms with Gasteiger partial charge in [0.15, 0.2) is 15.7 Å². The molecule has 0 unspecified atom stereocenters. The van der Waals surface area contributed by atoms with Crippen molar-refractivity contribution < 1.29 is 39.9 Å². The first-order chi connectivity index (χ1) is 14.8. The number of aromatic nitrogens is 1. The molecule has 0 atom stereocenters. The molecule has 1 amide bonds. The Hall–Kier alpha value is -2.18. The number of sulfone groups is 1. The van der Waals surface area contributed by atoms with Gasteiger partial charge in [0.25, 0.3) is 5.91 Å². The molecule has 1 N–H and O–H groups in total. The largest absolute Gasteiger partial charge is 0.395 e. The number of halogens is 6. The van der Waals surface area contributed by atoms with Crippen molar-refractivity contribution in [1.29, 1.82) is 0 Å². The average molecular weight is 501 g/mol. The molecule has 13 heteroatoms. The number of rotatable bonds is 5. The third kappa shape index (κ3) is 4.62. The van der Waals surface area contributed by atoms with Gasteiger partial charge in [0, 0.05) is 26.5 Å². The molecule has 0 saturated carbocycles. The molecule has 2 aromatic rings. The number of benzene rings is 1. The molecule has 1 aliphatic heterocycles. The first-order valence-corrected chi connectivity index (χ1v) is 11.3. The zero-order chi connectivity index (χ0) is 23.9. The highest BCUT2D eigenvalue weighted by Gasteiger charge is 2.57. The highest BCUT2D eigenvalue weighted by molar-refractivity contribution is 7.91. The fourth-order valence-corrected chi connectivity index (χ4v) is 5.58. The van der Waals surface area contributed by atoms with Crippen LogP contribution in [0, 0.1) is 17.0 Å². The molecule has 0 spiro atoms. The van der Waals surface area contributed by atoms with Crippen LogP contribution in [0.3, 0.4) is 0 Å². The van der Waals surface area contributed by atoms with Crippen molar-refractivity contribution >= 4 is 33.0 Å². The highest BCUT2D eigenvalue weighted by atomic mass is 35.5. The Morgan fingerprint density at radius 2 is 1.88 bits per heavy atom. The van der Waals surface area contributed by atoms with Gasteiger partial charge in [-0.25, -0.2) is 17.2 Å². The number of nitrogens with one attached hydrogen (secondary N) is 1. The lowest BCUT2D eigenvalue weighted by Crippen LogP contribution is -2.47. The molecule has 32 heavy (non-hydrogen) atoms. The summed E-state index contributed by atoms with van der Waals surface area (Å²) < 4.78 is 100. The summed E-state index contributed by atoms with van der Waals surface area (Å²) in [5.41, 5.74) is -3.18. The Balaban J connectivity index is 1.88. The van der Waals surface area contributed by atoms with E-state index >= 15 is 0 Å². The van der Waals surface area contributed by atoms with Crippen LogP contribution in [0.2, 0.25) is 5.02 Å². The smallest absolute Gasteiger partial charge is 0.381 e. The molecule has 0 radical (unpaired) electrons. The molecule has 6 nitrogen and oxygen atoms in total. The van der Waals surface area contributed by atoms with Gasteiger partial charge in [0.05, 0.1) is 21.8 Å². The van der Waals surface area contributed by atoms with E-state index in [-0.39, 0.29) is 18.9 Å². The predicted octanol–water partition coefficient (Wildman–Crippen LogP) is 4.34. The van der Waals surface area contributed by atoms with E-state index in [9.17, 15) is 35.2 Å². The van der Waals surface area contributed by atoms with E-state index in [1.54, 1.807) is 0 Å². The molecule has 1 aromatic carbocycles. The van der Waals surface area contributed by atoms with E-state index in [4.69, 9.17) is 16.3 Å². The number of hydrogen-bond acceptors (Lipinski definition) is 4. The van der Waals surface area contributed by atoms with Gasteiger partial charge < -0.3 is 14.6 Å². The normalized spacial score (nSPS) is 16.7. The molecule has 3 rings (SSSR count). The van der Waals surface area contributed by atoms with E-state index in [1.807, 2.05) is 0 Å². The highest BCUT2D eigenvalue weighted by Crippen LogP contribution is 2.47. The van der Waals surface area contributed by atoms with Crippen molar-refractivity contribution in [2.75, 3.05) is 24.3 Å². The topological polar surface area (TPSA) is 77.4 Å². The molecule has 1 fully saturated rings. The lowest BCUT2D eigenvalue weighted by atomic mass is 9.81. The minimum atomic E-state index is -4.77. The van der Waals surface area contributed by atoms with E-state index in [0.29, 0.717) is 0 Å². The van der Waals surface area contributed by atoms with Gasteiger partial charge in [0.1, 0.15) is 16.5 Å². The zero-order valence-electron chi connectivity index (χ0n) is 16.6. The second-order valence-electron chi connectivity index (χ2n) is 7.50. The second kappa shape index (κ2) is 8.64. The molecule has 2 heterocycles. The fraction of sp³-hybridized carbons (Fsp3) is 0.421. The van der Waals surface area contributed by atoms with E-state index in [0.717, 1.165) is 29.0 Å². The number of anilines is 1. The summed E-state index contributed by atoms with van der Waals surface area (Å²) in [7, 11) is -3.15. The Morgan fingerprint density at radius 3 is 2.47 bits per heavy atom. The molecule has 0 aliphatic carbocycles. The Morgan fingerprint density at radius 1 is 1.25 bits per heavy atom. The van der Waals surface area contributed by atoms with Crippen molar-refractivity contribution in [3.63, 3.8) is 0 Å². The number of aryl methyl sites for hydroxylation is 1. The second-order valence-corrected chi connectivity index (χ2v) is 9.87. The number of amides is 1. The van der Waals surface area contributed by atoms with Crippen molar-refractivity contribution in [2.24, 2.45) is 12.5 Å². The van der Waals surface area contributed by atoms with Crippen molar-refractivity contribution in [2.45, 2.75) is 23.9 Å². The summed E-state index contributed by atoms with van der Waals surface area (Å²) in [6.07, 6.45) is -4.76. The minimum absolute atomic E-state index is 0.219. The third-order valence-electron chi connectivity index (χ3n) is 5.37. The van der Waals surface area contributed by atoms with Crippen LogP contribution in [-0.4, -0.2) is 44.0 Å². The molecular formula is C19H18ClF5N2O4S. The summed E-state index contributed by atoms with van der Waals surface area (Å²) in [5.74, 6) is -4.43. The summed E-state index contributed by atoms with van der Waals surface area (Å²) >= 11 is 5.46. The van der Waals surface area contributed by atoms with Gasteiger partial charge in [-0.1, -0.05) is 11.6 Å². The molecule has 1 aliphatic rings. The number of carbonyl (C=O) groups excluding carboxylic acids is 1. The molecule has 176 valence electrons. The molecule has 0 bridgehead atoms. The Labute approximate surface area is 185 Å². The van der Waals surface area contributed by atoms with Gasteiger partial charge >= 0.3 is 6.18 Å². The van der Waals surface area contributed by atoms with Crippen LogP contribution in [0.1, 0.15) is 23.3 Å². The van der Waals surface area contributed by atoms with Crippen LogP contribution in [0.4, 0.5) is 27.6 Å². The number of hydrogen-bond donors (Lipinski definition) is 1. The predicted molar refractivity (Wildman–Crippen MR) is 105 cm³/mol. The number of nitrogens with zero attached hydrogens (tertiary/aromatic N) is 1. The summed E-state index contributed by atoms with van der Waals surface area (Å²) in [4.78, 5) is 12.0. The SMILES string of the molecule is Cn1cc(S(=O)(=O)CC2(C(F)(F)F)CCOCC2)cc1C(=O)Nc1ccc(F)c(Cl)c1F. The quantitative estimate of drug-likeness (QED) is 0.489. The third-order valence-corrected chi connectivity index (χ3v) is 7.59. The van der Waals surface area contributed by atoms with Crippen molar-refractivity contribution in [3.05, 3.63) is 46.7 Å². The number of carbonyl (C=O) groups is 1. The van der Waals surface area contributed by atoms with Gasteiger partial charge in [0.2, 0.25) is 0 Å². The van der Waals surface area contributed by atoms with Crippen LogP contribution >= 0.6 is 11.6 Å². The zero-order valence-corrected chi connectivity index (χ0v) is 18.2. The maximum Gasteiger partial charge on any atom is 0.395 e. The van der Waals surface area contributed by atoms with Crippen LogP contribution in [0.25, 0.3) is 0 Å². The van der Waals surface area contributed by atoms with Crippen LogP contribution in [-0.2, 0) is 21.6 Å². The van der Waals surface area contributed by atoms with Crippen molar-refractivity contribution in [1.82, 2.24) is 4.57 Å². The number of alkyl halides is 3. The average Bonchev–Trinajstić information content (AvgIpc) is 3.11. The molecule has 1 saturated heterocycles. The summed E-state index contributed by atoms with van der Waals surface area (Å²) in [5, 5.41) is 1.30. The fourth-order valence-electron chi connectivity index (χ4n) is 3.46. The Bertz CT molecular complexity index is 1140. The van der Waals surface area contributed by atoms with Gasteiger partial charge in [-0.3, -0.25) is 4.79 Å². The minimum Gasteiger partial charge on any atom is -0.381 e. The van der Waals surface area contributed by atoms with Crippen LogP contribution in [0.15, 0.2) is 29.3 Å². The summed E-state index contributed by atoms with van der Waals surface area (Å²) in [6, 6.07) is 2.65. The van der Waals surface area contributed by atoms with Gasteiger partial charge in [-0.05, 0) is 31.0 Å². The maximum absolute atomic E-state index is 14.0. The van der Waals surface area contributed by atoms with E-state index in [1.165, 1.54) is 7.05 Å². The van der Waals surface area contributed by atoms with Gasteiger partial charge in [-0.15, -0.1) is 0 Å². The first kappa shape index (κ1) is 24.5. The lowest BCUT2D eigenvalue weighted by Gasteiger charge is -2.38. The molecule has 1 aromatic heterocycles.